The summed E-state index contributed by atoms with van der Waals surface area (Å²) in [6.45, 7) is 2.03. The predicted molar refractivity (Wildman–Crippen MR) is 83.6 cm³/mol. The summed E-state index contributed by atoms with van der Waals surface area (Å²) in [7, 11) is 0. The standard InChI is InChI=1S/C18H18N2O2/c21-17(22)12-10-11-4-3-8-20-9-7-18(16(11)20)13-5-1-2-6-14(13)19-15(12)18/h1-6,11,16,19H,7-10H2,(H,21,22). The number of carboxylic acid groups (broad SMARTS) is 1. The van der Waals surface area contributed by atoms with E-state index in [4.69, 9.17) is 0 Å². The van der Waals surface area contributed by atoms with Crippen LogP contribution < -0.4 is 5.32 Å². The molecular formula is C18H18N2O2. The molecule has 0 aromatic heterocycles. The van der Waals surface area contributed by atoms with Gasteiger partial charge in [0.25, 0.3) is 0 Å². The van der Waals surface area contributed by atoms with Crippen LogP contribution in [-0.4, -0.2) is 35.1 Å². The van der Waals surface area contributed by atoms with E-state index in [1.807, 2.05) is 6.07 Å². The van der Waals surface area contributed by atoms with E-state index in [9.17, 15) is 9.90 Å². The number of aliphatic carboxylic acids is 1. The topological polar surface area (TPSA) is 52.6 Å². The van der Waals surface area contributed by atoms with Crippen molar-refractivity contribution >= 4 is 11.7 Å². The minimum absolute atomic E-state index is 0.155. The maximum Gasteiger partial charge on any atom is 0.333 e. The second-order valence-corrected chi connectivity index (χ2v) is 6.79. The Hall–Kier alpha value is -2.07. The van der Waals surface area contributed by atoms with E-state index in [0.717, 1.165) is 30.9 Å². The molecule has 0 saturated carbocycles. The fourth-order valence-corrected chi connectivity index (χ4v) is 5.22. The minimum atomic E-state index is -0.773. The Balaban J connectivity index is 1.82. The van der Waals surface area contributed by atoms with Gasteiger partial charge in [-0.15, -0.1) is 0 Å². The summed E-state index contributed by atoms with van der Waals surface area (Å²) in [6, 6.07) is 8.74. The summed E-state index contributed by atoms with van der Waals surface area (Å²) in [5.74, 6) is -0.468. The molecule has 112 valence electrons. The molecule has 3 unspecified atom stereocenters. The molecule has 0 radical (unpaired) electrons. The molecule has 1 aliphatic carbocycles. The molecule has 0 bridgehead atoms. The lowest BCUT2D eigenvalue weighted by Gasteiger charge is -2.46. The quantitative estimate of drug-likeness (QED) is 0.781. The van der Waals surface area contributed by atoms with E-state index in [1.165, 1.54) is 5.56 Å². The van der Waals surface area contributed by atoms with Gasteiger partial charge in [0.1, 0.15) is 0 Å². The predicted octanol–water partition coefficient (Wildman–Crippen LogP) is 2.35. The van der Waals surface area contributed by atoms with Crippen LogP contribution >= 0.6 is 0 Å². The Bertz CT molecular complexity index is 751. The van der Waals surface area contributed by atoms with Gasteiger partial charge in [-0.2, -0.15) is 0 Å². The van der Waals surface area contributed by atoms with E-state index >= 15 is 0 Å². The molecule has 4 heteroatoms. The largest absolute Gasteiger partial charge is 0.478 e. The summed E-state index contributed by atoms with van der Waals surface area (Å²) < 4.78 is 0. The van der Waals surface area contributed by atoms with Gasteiger partial charge in [0, 0.05) is 30.5 Å². The summed E-state index contributed by atoms with van der Waals surface area (Å²) >= 11 is 0. The van der Waals surface area contributed by atoms with Crippen molar-refractivity contribution in [3.63, 3.8) is 0 Å². The second kappa shape index (κ2) is 4.02. The number of hydrogen-bond acceptors (Lipinski definition) is 3. The van der Waals surface area contributed by atoms with E-state index < -0.39 is 5.97 Å². The number of nitrogens with zero attached hydrogens (tertiary/aromatic N) is 1. The van der Waals surface area contributed by atoms with E-state index in [1.54, 1.807) is 0 Å². The normalized spacial score (nSPS) is 34.9. The number of anilines is 1. The monoisotopic (exact) mass is 294 g/mol. The number of fused-ring (bicyclic) bond motifs is 1. The summed E-state index contributed by atoms with van der Waals surface area (Å²) in [5, 5.41) is 13.2. The Morgan fingerprint density at radius 1 is 1.36 bits per heavy atom. The molecule has 2 N–H and O–H groups in total. The second-order valence-electron chi connectivity index (χ2n) is 6.79. The molecule has 1 spiro atoms. The Labute approximate surface area is 129 Å². The van der Waals surface area contributed by atoms with Gasteiger partial charge in [-0.05, 0) is 30.4 Å². The molecule has 1 aromatic rings. The average molecular weight is 294 g/mol. The molecule has 1 aromatic carbocycles. The molecule has 3 atom stereocenters. The Kier molecular flexibility index (Phi) is 2.28. The van der Waals surface area contributed by atoms with Crippen molar-refractivity contribution in [1.82, 2.24) is 4.90 Å². The lowest BCUT2D eigenvalue weighted by Crippen LogP contribution is -2.52. The molecule has 5 rings (SSSR count). The fourth-order valence-electron chi connectivity index (χ4n) is 5.22. The molecule has 3 heterocycles. The summed E-state index contributed by atoms with van der Waals surface area (Å²) in [6.07, 6.45) is 6.09. The first-order valence-corrected chi connectivity index (χ1v) is 7.96. The van der Waals surface area contributed by atoms with E-state index in [0.29, 0.717) is 24.0 Å². The average Bonchev–Trinajstić information content (AvgIpc) is 3.08. The van der Waals surface area contributed by atoms with Gasteiger partial charge in [0.05, 0.1) is 11.0 Å². The van der Waals surface area contributed by atoms with Crippen molar-refractivity contribution in [1.29, 1.82) is 0 Å². The number of hydrogen-bond donors (Lipinski definition) is 2. The number of benzene rings is 1. The van der Waals surface area contributed by atoms with E-state index in [-0.39, 0.29) is 5.41 Å². The van der Waals surface area contributed by atoms with Gasteiger partial charge in [0.2, 0.25) is 0 Å². The van der Waals surface area contributed by atoms with Gasteiger partial charge in [-0.25, -0.2) is 4.79 Å². The maximum atomic E-state index is 11.9. The first-order chi connectivity index (χ1) is 10.7. The molecule has 1 saturated heterocycles. The number of rotatable bonds is 1. The SMILES string of the molecule is O=C(O)C1=C2Nc3ccccc3C23CCN2CC=CC(C1)C23. The third-order valence-electron chi connectivity index (χ3n) is 5.93. The van der Waals surface area contributed by atoms with Crippen molar-refractivity contribution in [2.24, 2.45) is 5.92 Å². The molecule has 4 nitrogen and oxygen atoms in total. The number of nitrogens with one attached hydrogen (secondary N) is 1. The van der Waals surface area contributed by atoms with Crippen molar-refractivity contribution in [3.8, 4) is 0 Å². The van der Waals surface area contributed by atoms with Crippen molar-refractivity contribution in [2.45, 2.75) is 24.3 Å². The highest BCUT2D eigenvalue weighted by atomic mass is 16.4. The molecule has 0 amide bonds. The first-order valence-electron chi connectivity index (χ1n) is 7.96. The first kappa shape index (κ1) is 12.5. The van der Waals surface area contributed by atoms with E-state index in [2.05, 4.69) is 40.6 Å². The molecular weight excluding hydrogens is 276 g/mol. The van der Waals surface area contributed by atoms with Crippen LogP contribution in [0, 0.1) is 5.92 Å². The molecule has 3 aliphatic heterocycles. The van der Waals surface area contributed by atoms with Gasteiger partial charge in [0.15, 0.2) is 0 Å². The fraction of sp³-hybridized carbons (Fsp3) is 0.389. The zero-order valence-electron chi connectivity index (χ0n) is 12.2. The summed E-state index contributed by atoms with van der Waals surface area (Å²) in [5.41, 5.74) is 3.76. The molecule has 22 heavy (non-hydrogen) atoms. The van der Waals surface area contributed by atoms with Crippen molar-refractivity contribution < 1.29 is 9.90 Å². The van der Waals surface area contributed by atoms with Crippen LogP contribution in [0.4, 0.5) is 5.69 Å². The highest BCUT2D eigenvalue weighted by molar-refractivity contribution is 5.91. The van der Waals surface area contributed by atoms with Crippen LogP contribution in [0.1, 0.15) is 18.4 Å². The summed E-state index contributed by atoms with van der Waals surface area (Å²) in [4.78, 5) is 14.4. The van der Waals surface area contributed by atoms with Gasteiger partial charge >= 0.3 is 5.97 Å². The lowest BCUT2D eigenvalue weighted by molar-refractivity contribution is -0.133. The van der Waals surface area contributed by atoms with Crippen molar-refractivity contribution in [2.75, 3.05) is 18.4 Å². The Morgan fingerprint density at radius 3 is 3.09 bits per heavy atom. The lowest BCUT2D eigenvalue weighted by atomic mass is 9.63. The number of para-hydroxylation sites is 1. The van der Waals surface area contributed by atoms with Crippen LogP contribution in [0.2, 0.25) is 0 Å². The zero-order valence-corrected chi connectivity index (χ0v) is 12.2. The molecule has 1 fully saturated rings. The van der Waals surface area contributed by atoms with Gasteiger partial charge in [-0.3, -0.25) is 4.90 Å². The van der Waals surface area contributed by atoms with Gasteiger partial charge in [-0.1, -0.05) is 30.4 Å². The highest BCUT2D eigenvalue weighted by Crippen LogP contribution is 2.59. The van der Waals surface area contributed by atoms with Crippen LogP contribution in [-0.2, 0) is 10.2 Å². The Morgan fingerprint density at radius 2 is 2.23 bits per heavy atom. The minimum Gasteiger partial charge on any atom is -0.478 e. The van der Waals surface area contributed by atoms with Crippen LogP contribution in [0.15, 0.2) is 47.7 Å². The highest BCUT2D eigenvalue weighted by Gasteiger charge is 2.60. The van der Waals surface area contributed by atoms with Crippen molar-refractivity contribution in [3.05, 3.63) is 53.3 Å². The number of carbonyl (C=O) groups is 1. The van der Waals surface area contributed by atoms with Crippen LogP contribution in [0.25, 0.3) is 0 Å². The maximum absolute atomic E-state index is 11.9. The smallest absolute Gasteiger partial charge is 0.333 e. The molecule has 4 aliphatic rings. The third kappa shape index (κ3) is 1.30. The zero-order chi connectivity index (χ0) is 14.9. The van der Waals surface area contributed by atoms with Gasteiger partial charge < -0.3 is 10.4 Å². The van der Waals surface area contributed by atoms with Crippen LogP contribution in [0.5, 0.6) is 0 Å². The van der Waals surface area contributed by atoms with Crippen LogP contribution in [0.3, 0.4) is 0 Å². The third-order valence-corrected chi connectivity index (χ3v) is 5.93. The number of carboxylic acids is 1.